The van der Waals surface area contributed by atoms with Crippen LogP contribution < -0.4 is 0 Å². The maximum atomic E-state index is 10.7. The van der Waals surface area contributed by atoms with E-state index in [0.717, 1.165) is 66.8 Å². The van der Waals surface area contributed by atoms with Gasteiger partial charge < -0.3 is 36.5 Å². The Labute approximate surface area is 549 Å². The second-order valence-electron chi connectivity index (χ2n) is 21.7. The molecule has 9 heterocycles. The number of nitro benzene ring substituents is 5. The minimum absolute atomic E-state index is 0.0752. The molecule has 0 saturated carbocycles. The van der Waals surface area contributed by atoms with Crippen molar-refractivity contribution in [3.63, 3.8) is 0 Å². The zero-order chi connectivity index (χ0) is 69.6. The molecule has 29 nitrogen and oxygen atoms in total. The maximum absolute atomic E-state index is 10.7. The third-order valence-electron chi connectivity index (χ3n) is 15.2. The van der Waals surface area contributed by atoms with Crippen LogP contribution in [0, 0.1) is 50.6 Å². The summed E-state index contributed by atoms with van der Waals surface area (Å²) in [4.78, 5) is 81.7. The number of pyridine rings is 1. The number of benzene rings is 7. The molecule has 29 heteroatoms. The van der Waals surface area contributed by atoms with E-state index in [9.17, 15) is 55.4 Å². The standard InChI is InChI=1S/C10H9NO.2C9H8N2O2.3C8H7N3O2.2C8H8N2/c1-11-6-8(7-12)9-4-2-3-5-10(9)11;1-10-5-4-7-6-8(11(12)13)2-3-9(7)10;1-10-6-5-7-3-2-4-8(9(7)10)11(12)13;1-10-5-9-7-4-6(11(12)13)2-3-8(7)10;1-10-5-9-7-3-2-6(11(12)13)4-8(7)10;1-10-5-9-6-3-2-4-7(8(6)10)11(12)13;1-10-6-4-7-3-2-5-9-8(7)10;1-10-6-9-7-4-2-3-5-8(7)10/h2-7H,1H3;2*2-6H,1H3;3*2-5H,1H3;2*2-6H,1H3. The summed E-state index contributed by atoms with van der Waals surface area (Å²) in [6, 6.07) is 49.8. The normalized spacial score (nSPS) is 10.5. The van der Waals surface area contributed by atoms with Gasteiger partial charge in [0.1, 0.15) is 16.7 Å². The number of aromatic nitrogens is 13. The van der Waals surface area contributed by atoms with Gasteiger partial charge in [-0.2, -0.15) is 0 Å². The zero-order valence-electron chi connectivity index (χ0n) is 53.5. The van der Waals surface area contributed by atoms with Crippen molar-refractivity contribution in [1.82, 2.24) is 61.5 Å². The highest BCUT2D eigenvalue weighted by molar-refractivity contribution is 5.97. The van der Waals surface area contributed by atoms with E-state index in [4.69, 9.17) is 0 Å². The molecule has 0 bridgehead atoms. The first-order valence-corrected chi connectivity index (χ1v) is 29.3. The van der Waals surface area contributed by atoms with E-state index >= 15 is 0 Å². The Morgan fingerprint density at radius 3 is 1.47 bits per heavy atom. The van der Waals surface area contributed by atoms with Crippen LogP contribution >= 0.6 is 0 Å². The average Bonchev–Trinajstić information content (AvgIpc) is 1.76. The van der Waals surface area contributed by atoms with Crippen LogP contribution in [0.5, 0.6) is 0 Å². The lowest BCUT2D eigenvalue weighted by Gasteiger charge is -1.97. The van der Waals surface area contributed by atoms with E-state index in [1.807, 2.05) is 162 Å². The second-order valence-corrected chi connectivity index (χ2v) is 21.7. The summed E-state index contributed by atoms with van der Waals surface area (Å²) in [6.45, 7) is 0. The molecule has 7 aromatic carbocycles. The van der Waals surface area contributed by atoms with Crippen molar-refractivity contribution in [3.05, 3.63) is 282 Å². The van der Waals surface area contributed by atoms with E-state index < -0.39 is 14.8 Å². The van der Waals surface area contributed by atoms with Crippen LogP contribution in [-0.2, 0) is 56.4 Å². The van der Waals surface area contributed by atoms with Crippen molar-refractivity contribution >= 4 is 123 Å². The van der Waals surface area contributed by atoms with Gasteiger partial charge in [0.2, 0.25) is 0 Å². The fraction of sp³-hybridized carbons (Fsp3) is 0.118. The van der Waals surface area contributed by atoms with Gasteiger partial charge in [-0.3, -0.25) is 55.4 Å². The first-order chi connectivity index (χ1) is 46.5. The van der Waals surface area contributed by atoms with Gasteiger partial charge in [0, 0.05) is 174 Å². The lowest BCUT2D eigenvalue weighted by atomic mass is 10.2. The minimum atomic E-state index is -0.422. The van der Waals surface area contributed by atoms with Crippen molar-refractivity contribution in [2.24, 2.45) is 56.4 Å². The average molecular weight is 1310 g/mol. The molecule has 0 unspecified atom stereocenters. The monoisotopic (exact) mass is 1310 g/mol. The van der Waals surface area contributed by atoms with Gasteiger partial charge in [0.05, 0.1) is 88.5 Å². The van der Waals surface area contributed by atoms with Crippen LogP contribution in [0.15, 0.2) is 226 Å². The number of fused-ring (bicyclic) bond motifs is 8. The smallest absolute Gasteiger partial charge is 0.295 e. The number of carbonyl (C=O) groups is 1. The number of nitrogens with zero attached hydrogens (tertiary/aromatic N) is 18. The molecular formula is C68H62N18O11. The Morgan fingerprint density at radius 1 is 0.340 bits per heavy atom. The van der Waals surface area contributed by atoms with Crippen LogP contribution in [0.2, 0.25) is 0 Å². The van der Waals surface area contributed by atoms with E-state index in [-0.39, 0.29) is 38.3 Å². The molecule has 9 aromatic heterocycles. The maximum Gasteiger partial charge on any atom is 0.295 e. The second kappa shape index (κ2) is 30.2. The van der Waals surface area contributed by atoms with Crippen LogP contribution in [0.25, 0.3) is 87.9 Å². The van der Waals surface area contributed by atoms with Crippen LogP contribution in [-0.4, -0.2) is 92.4 Å². The molecule has 0 saturated heterocycles. The Hall–Kier alpha value is -13.6. The fourth-order valence-electron chi connectivity index (χ4n) is 10.3. The van der Waals surface area contributed by atoms with E-state index in [0.29, 0.717) is 22.1 Å². The van der Waals surface area contributed by atoms with Gasteiger partial charge in [-0.05, 0) is 72.8 Å². The molecule has 0 aliphatic rings. The molecule has 0 radical (unpaired) electrons. The van der Waals surface area contributed by atoms with Gasteiger partial charge in [-0.1, -0.05) is 48.5 Å². The number of rotatable bonds is 6. The summed E-state index contributed by atoms with van der Waals surface area (Å²) in [6.07, 6.45) is 16.9. The highest BCUT2D eigenvalue weighted by atomic mass is 16.6. The molecule has 97 heavy (non-hydrogen) atoms. The number of hydrogen-bond donors (Lipinski definition) is 0. The summed E-state index contributed by atoms with van der Waals surface area (Å²) in [5.74, 6) is 0. The number of non-ortho nitro benzene ring substituents is 5. The summed E-state index contributed by atoms with van der Waals surface area (Å²) in [5.41, 5.74) is 11.7. The summed E-state index contributed by atoms with van der Waals surface area (Å²) >= 11 is 0. The Kier molecular flexibility index (Phi) is 21.1. The number of aryl methyl sites for hydroxylation is 8. The molecule has 0 aliphatic carbocycles. The molecular weight excluding hydrogens is 1240 g/mol. The van der Waals surface area contributed by atoms with Crippen molar-refractivity contribution in [3.8, 4) is 0 Å². The van der Waals surface area contributed by atoms with E-state index in [1.54, 1.807) is 96.3 Å². The van der Waals surface area contributed by atoms with Gasteiger partial charge in [0.15, 0.2) is 6.29 Å². The molecule has 0 fully saturated rings. The lowest BCUT2D eigenvalue weighted by molar-refractivity contribution is -0.384. The molecule has 0 N–H and O–H groups in total. The van der Waals surface area contributed by atoms with E-state index in [1.165, 1.54) is 53.4 Å². The molecule has 0 spiro atoms. The Balaban J connectivity index is 0.000000130. The number of para-hydroxylation sites is 5. The van der Waals surface area contributed by atoms with Gasteiger partial charge in [0.25, 0.3) is 28.4 Å². The van der Waals surface area contributed by atoms with Gasteiger partial charge in [-0.15, -0.1) is 0 Å². The largest absolute Gasteiger partial charge is 0.351 e. The molecule has 490 valence electrons. The first-order valence-electron chi connectivity index (χ1n) is 29.3. The summed E-state index contributed by atoms with van der Waals surface area (Å²) in [5, 5.41) is 56.6. The fourth-order valence-corrected chi connectivity index (χ4v) is 10.3. The Bertz CT molecular complexity index is 5280. The highest BCUT2D eigenvalue weighted by Crippen LogP contribution is 2.27. The number of nitro groups is 5. The molecule has 16 rings (SSSR count). The first kappa shape index (κ1) is 67.8. The van der Waals surface area contributed by atoms with E-state index in [2.05, 4.69) is 43.1 Å². The predicted molar refractivity (Wildman–Crippen MR) is 371 cm³/mol. The van der Waals surface area contributed by atoms with Crippen molar-refractivity contribution in [2.45, 2.75) is 0 Å². The number of imidazole rings is 4. The third kappa shape index (κ3) is 15.8. The van der Waals surface area contributed by atoms with Gasteiger partial charge >= 0.3 is 0 Å². The number of hydrogen-bond acceptors (Lipinski definition) is 16. The third-order valence-corrected chi connectivity index (χ3v) is 15.2. The topological polar surface area (TPSA) is 337 Å². The molecule has 0 aliphatic heterocycles. The summed E-state index contributed by atoms with van der Waals surface area (Å²) < 4.78 is 14.9. The predicted octanol–water partition coefficient (Wildman–Crippen LogP) is 13.8. The van der Waals surface area contributed by atoms with Crippen molar-refractivity contribution in [1.29, 1.82) is 0 Å². The zero-order valence-corrected chi connectivity index (χ0v) is 53.5. The Morgan fingerprint density at radius 2 is 0.825 bits per heavy atom. The lowest BCUT2D eigenvalue weighted by Crippen LogP contribution is -1.92. The van der Waals surface area contributed by atoms with Crippen molar-refractivity contribution in [2.75, 3.05) is 0 Å². The van der Waals surface area contributed by atoms with Crippen LogP contribution in [0.3, 0.4) is 0 Å². The SMILES string of the molecule is Cn1cc(C=O)c2ccccc21.Cn1ccc2cc([N+](=O)[O-])ccc21.Cn1ccc2cccc([N+](=O)[O-])c21.Cn1ccc2cccnc21.Cn1cnc2cc([N+](=O)[O-])ccc21.Cn1cnc2ccc([N+](=O)[O-])cc21.Cn1cnc2cccc([N+](=O)[O-])c21.Cn1cnc2ccccc21. The van der Waals surface area contributed by atoms with Gasteiger partial charge in [-0.25, -0.2) is 24.9 Å². The minimum Gasteiger partial charge on any atom is -0.351 e. The summed E-state index contributed by atoms with van der Waals surface area (Å²) in [7, 11) is 15.0. The highest BCUT2D eigenvalue weighted by Gasteiger charge is 2.16. The number of aldehydes is 1. The quantitative estimate of drug-likeness (QED) is 0.0848. The van der Waals surface area contributed by atoms with Crippen LogP contribution in [0.4, 0.5) is 28.4 Å². The van der Waals surface area contributed by atoms with Crippen molar-refractivity contribution < 1.29 is 29.4 Å². The van der Waals surface area contributed by atoms with Crippen LogP contribution in [0.1, 0.15) is 10.4 Å². The molecule has 0 atom stereocenters. The molecule has 16 aromatic rings. The number of carbonyl (C=O) groups excluding carboxylic acids is 1. The molecule has 0 amide bonds.